The zero-order valence-corrected chi connectivity index (χ0v) is 11.5. The van der Waals surface area contributed by atoms with E-state index in [2.05, 4.69) is 25.7 Å². The maximum Gasteiger partial charge on any atom is 0.243 e. The molecular formula is C11H21N7O2. The average Bonchev–Trinajstić information content (AvgIpc) is 2.47. The summed E-state index contributed by atoms with van der Waals surface area (Å²) in [5.74, 6) is 6.69. The summed E-state index contributed by atoms with van der Waals surface area (Å²) in [6, 6.07) is 0. The van der Waals surface area contributed by atoms with Gasteiger partial charge in [-0.25, -0.2) is 5.84 Å². The van der Waals surface area contributed by atoms with Gasteiger partial charge >= 0.3 is 0 Å². The molecule has 2 heterocycles. The second kappa shape index (κ2) is 7.17. The Balaban J connectivity index is 2.06. The highest BCUT2D eigenvalue weighted by Gasteiger charge is 2.16. The molecule has 1 aliphatic heterocycles. The molecule has 1 aromatic rings. The van der Waals surface area contributed by atoms with Crippen molar-refractivity contribution >= 4 is 17.8 Å². The second-order valence-electron chi connectivity index (χ2n) is 4.59. The van der Waals surface area contributed by atoms with Crippen LogP contribution in [0, 0.1) is 0 Å². The quantitative estimate of drug-likeness (QED) is 0.391. The number of aliphatic hydroxyl groups is 1. The smallest absolute Gasteiger partial charge is 0.243 e. The van der Waals surface area contributed by atoms with E-state index in [4.69, 9.17) is 10.6 Å². The lowest BCUT2D eigenvalue weighted by Gasteiger charge is -2.27. The number of anilines is 3. The summed E-state index contributed by atoms with van der Waals surface area (Å²) < 4.78 is 5.30. The zero-order valence-electron chi connectivity index (χ0n) is 11.5. The summed E-state index contributed by atoms with van der Waals surface area (Å²) >= 11 is 0. The number of rotatable bonds is 6. The predicted octanol–water partition coefficient (Wildman–Crippen LogP) is -0.823. The van der Waals surface area contributed by atoms with Crippen LogP contribution in [0.2, 0.25) is 0 Å². The number of hydrogen-bond donors (Lipinski definition) is 4. The molecule has 20 heavy (non-hydrogen) atoms. The van der Waals surface area contributed by atoms with Gasteiger partial charge in [0.05, 0.1) is 19.3 Å². The number of nitrogens with zero attached hydrogens (tertiary/aromatic N) is 4. The fourth-order valence-electron chi connectivity index (χ4n) is 1.81. The summed E-state index contributed by atoms with van der Waals surface area (Å²) in [4.78, 5) is 14.8. The molecular weight excluding hydrogens is 262 g/mol. The zero-order chi connectivity index (χ0) is 14.4. The molecule has 0 aromatic carbocycles. The summed E-state index contributed by atoms with van der Waals surface area (Å²) in [5.41, 5.74) is 2.44. The van der Waals surface area contributed by atoms with Gasteiger partial charge in [0.2, 0.25) is 17.8 Å². The lowest BCUT2D eigenvalue weighted by atomic mass is 10.3. The van der Waals surface area contributed by atoms with Gasteiger partial charge < -0.3 is 20.1 Å². The van der Waals surface area contributed by atoms with Crippen LogP contribution in [0.3, 0.4) is 0 Å². The van der Waals surface area contributed by atoms with Gasteiger partial charge in [-0.05, 0) is 13.3 Å². The Hall–Kier alpha value is -1.71. The highest BCUT2D eigenvalue weighted by Crippen LogP contribution is 2.14. The molecule has 0 spiro atoms. The number of hydrazine groups is 1. The minimum Gasteiger partial charge on any atom is -0.393 e. The van der Waals surface area contributed by atoms with Crippen molar-refractivity contribution in [2.45, 2.75) is 19.4 Å². The Bertz CT molecular complexity index is 423. The first-order valence-electron chi connectivity index (χ1n) is 6.66. The number of aliphatic hydroxyl groups excluding tert-OH is 1. The van der Waals surface area contributed by atoms with Crippen LogP contribution in [0.15, 0.2) is 0 Å². The van der Waals surface area contributed by atoms with Gasteiger partial charge in [-0.3, -0.25) is 5.43 Å². The maximum absolute atomic E-state index is 9.24. The van der Waals surface area contributed by atoms with E-state index in [9.17, 15) is 5.11 Å². The van der Waals surface area contributed by atoms with E-state index < -0.39 is 0 Å². The maximum atomic E-state index is 9.24. The summed E-state index contributed by atoms with van der Waals surface area (Å²) in [5, 5.41) is 12.3. The molecule has 1 atom stereocenters. The van der Waals surface area contributed by atoms with Gasteiger partial charge in [0.1, 0.15) is 0 Å². The summed E-state index contributed by atoms with van der Waals surface area (Å²) in [6.07, 6.45) is 0.249. The predicted molar refractivity (Wildman–Crippen MR) is 75.5 cm³/mol. The number of hydrogen-bond acceptors (Lipinski definition) is 9. The minimum atomic E-state index is -0.366. The SMILES string of the molecule is CC(O)CCNc1nc(NN)nc(N2CCOCC2)n1. The molecule has 1 fully saturated rings. The molecule has 9 nitrogen and oxygen atoms in total. The monoisotopic (exact) mass is 283 g/mol. The molecule has 1 aliphatic rings. The standard InChI is InChI=1S/C11H21N7O2/c1-8(19)2-3-13-9-14-10(17-12)16-11(15-9)18-4-6-20-7-5-18/h8,19H,2-7,12H2,1H3,(H2,13,14,15,16,17). The van der Waals surface area contributed by atoms with E-state index in [0.717, 1.165) is 13.1 Å². The molecule has 0 saturated carbocycles. The van der Waals surface area contributed by atoms with Crippen molar-refractivity contribution in [3.63, 3.8) is 0 Å². The third-order valence-electron chi connectivity index (χ3n) is 2.89. The van der Waals surface area contributed by atoms with E-state index in [1.54, 1.807) is 6.92 Å². The van der Waals surface area contributed by atoms with Crippen LogP contribution < -0.4 is 21.5 Å². The third-order valence-corrected chi connectivity index (χ3v) is 2.89. The molecule has 112 valence electrons. The van der Waals surface area contributed by atoms with Crippen molar-refractivity contribution < 1.29 is 9.84 Å². The van der Waals surface area contributed by atoms with E-state index in [1.165, 1.54) is 0 Å². The fraction of sp³-hybridized carbons (Fsp3) is 0.727. The van der Waals surface area contributed by atoms with Crippen LogP contribution in [0.4, 0.5) is 17.8 Å². The van der Waals surface area contributed by atoms with Crippen molar-refractivity contribution in [3.05, 3.63) is 0 Å². The van der Waals surface area contributed by atoms with E-state index in [1.807, 2.05) is 4.90 Å². The highest BCUT2D eigenvalue weighted by atomic mass is 16.5. The number of morpholine rings is 1. The lowest BCUT2D eigenvalue weighted by molar-refractivity contribution is 0.122. The Morgan fingerprint density at radius 1 is 1.30 bits per heavy atom. The second-order valence-corrected chi connectivity index (χ2v) is 4.59. The third kappa shape index (κ3) is 4.15. The Labute approximate surface area is 117 Å². The Morgan fingerprint density at radius 2 is 2.00 bits per heavy atom. The normalized spacial score (nSPS) is 16.9. The van der Waals surface area contributed by atoms with Crippen LogP contribution in [0.25, 0.3) is 0 Å². The molecule has 1 aromatic heterocycles. The van der Waals surface area contributed by atoms with Crippen LogP contribution in [-0.4, -0.2) is 59.0 Å². The Kier molecular flexibility index (Phi) is 5.27. The number of nitrogen functional groups attached to an aromatic ring is 1. The topological polar surface area (TPSA) is 121 Å². The minimum absolute atomic E-state index is 0.307. The van der Waals surface area contributed by atoms with Gasteiger partial charge in [-0.1, -0.05) is 0 Å². The molecule has 1 saturated heterocycles. The molecule has 0 bridgehead atoms. The molecule has 2 rings (SSSR count). The first kappa shape index (κ1) is 14.7. The molecule has 9 heteroatoms. The molecule has 1 unspecified atom stereocenters. The first-order valence-corrected chi connectivity index (χ1v) is 6.66. The van der Waals surface area contributed by atoms with Crippen molar-refractivity contribution in [2.24, 2.45) is 5.84 Å². The lowest BCUT2D eigenvalue weighted by Crippen LogP contribution is -2.37. The summed E-state index contributed by atoms with van der Waals surface area (Å²) in [6.45, 7) is 5.10. The van der Waals surface area contributed by atoms with Crippen molar-refractivity contribution in [1.29, 1.82) is 0 Å². The molecule has 0 radical (unpaired) electrons. The average molecular weight is 283 g/mol. The van der Waals surface area contributed by atoms with E-state index >= 15 is 0 Å². The number of ether oxygens (including phenoxy) is 1. The van der Waals surface area contributed by atoms with Crippen LogP contribution in [0.1, 0.15) is 13.3 Å². The van der Waals surface area contributed by atoms with Crippen molar-refractivity contribution in [2.75, 3.05) is 48.5 Å². The highest BCUT2D eigenvalue weighted by molar-refractivity contribution is 5.43. The number of nitrogens with one attached hydrogen (secondary N) is 2. The molecule has 0 amide bonds. The number of nitrogens with two attached hydrogens (primary N) is 1. The van der Waals surface area contributed by atoms with Crippen LogP contribution in [0.5, 0.6) is 0 Å². The van der Waals surface area contributed by atoms with Crippen molar-refractivity contribution in [1.82, 2.24) is 15.0 Å². The van der Waals surface area contributed by atoms with E-state index in [0.29, 0.717) is 44.0 Å². The Morgan fingerprint density at radius 3 is 2.65 bits per heavy atom. The van der Waals surface area contributed by atoms with Crippen LogP contribution >= 0.6 is 0 Å². The summed E-state index contributed by atoms with van der Waals surface area (Å²) in [7, 11) is 0. The first-order chi connectivity index (χ1) is 9.69. The van der Waals surface area contributed by atoms with Crippen molar-refractivity contribution in [3.8, 4) is 0 Å². The van der Waals surface area contributed by atoms with Gasteiger partial charge in [0.15, 0.2) is 0 Å². The van der Waals surface area contributed by atoms with Gasteiger partial charge in [-0.15, -0.1) is 0 Å². The van der Waals surface area contributed by atoms with Crippen LogP contribution in [-0.2, 0) is 4.74 Å². The fourth-order valence-corrected chi connectivity index (χ4v) is 1.81. The van der Waals surface area contributed by atoms with E-state index in [-0.39, 0.29) is 6.10 Å². The van der Waals surface area contributed by atoms with Gasteiger partial charge in [-0.2, -0.15) is 15.0 Å². The van der Waals surface area contributed by atoms with Gasteiger partial charge in [0.25, 0.3) is 0 Å². The molecule has 0 aliphatic carbocycles. The molecule has 5 N–H and O–H groups in total. The largest absolute Gasteiger partial charge is 0.393 e. The van der Waals surface area contributed by atoms with Gasteiger partial charge in [0, 0.05) is 19.6 Å². The number of aromatic nitrogens is 3.